The lowest BCUT2D eigenvalue weighted by atomic mass is 9.43. The lowest BCUT2D eigenvalue weighted by molar-refractivity contribution is 0.590. The summed E-state index contributed by atoms with van der Waals surface area (Å²) in [6, 6.07) is 66.2. The molecular weight excluding hydrogens is 894 g/mol. The van der Waals surface area contributed by atoms with Crippen molar-refractivity contribution in [1.29, 1.82) is 0 Å². The van der Waals surface area contributed by atoms with Crippen molar-refractivity contribution < 1.29 is 4.42 Å². The first kappa shape index (κ1) is 43.3. The summed E-state index contributed by atoms with van der Waals surface area (Å²) in [5.74, 6) is 0. The van der Waals surface area contributed by atoms with Gasteiger partial charge in [-0.3, -0.25) is 0 Å². The molecule has 0 unspecified atom stereocenters. The fourth-order valence-electron chi connectivity index (χ4n) is 12.1. The molecule has 0 aliphatic carbocycles. The molecule has 2 aliphatic heterocycles. The number of hydrogen-bond acceptors (Lipinski definition) is 4. The van der Waals surface area contributed by atoms with Crippen LogP contribution in [0.5, 0.6) is 0 Å². The SMILES string of the molecule is CC(C)(C)c1ccc(N2B3c4cc(C(C)(C)C)ccc4-n4c5ccc(C(C)(C)C)cc5c5c6c(oc7ccccc76)c(c3c54)-c3cc4c(cc32)sc2cc(N(c3ccccc3)c3ccccc3)ccc24)cc1. The first-order valence-corrected chi connectivity index (χ1v) is 26.3. The van der Waals surface area contributed by atoms with Crippen LogP contribution in [-0.4, -0.2) is 11.4 Å². The van der Waals surface area contributed by atoms with Gasteiger partial charge in [0.25, 0.3) is 0 Å². The van der Waals surface area contributed by atoms with E-state index in [0.717, 1.165) is 33.6 Å². The molecule has 0 bridgehead atoms. The Morgan fingerprint density at radius 2 is 1.11 bits per heavy atom. The van der Waals surface area contributed by atoms with Gasteiger partial charge in [-0.15, -0.1) is 11.3 Å². The number of nitrogens with zero attached hydrogens (tertiary/aromatic N) is 3. The molecule has 6 heteroatoms. The normalized spacial score (nSPS) is 13.6. The molecule has 12 aromatic rings. The second kappa shape index (κ2) is 15.0. The highest BCUT2D eigenvalue weighted by atomic mass is 32.1. The van der Waals surface area contributed by atoms with Crippen molar-refractivity contribution in [3.8, 4) is 16.8 Å². The van der Waals surface area contributed by atoms with Crippen LogP contribution in [0.15, 0.2) is 180 Å². The minimum atomic E-state index is -0.159. The van der Waals surface area contributed by atoms with Gasteiger partial charge in [-0.05, 0) is 129 Å². The van der Waals surface area contributed by atoms with Crippen molar-refractivity contribution in [2.75, 3.05) is 9.71 Å². The quantitative estimate of drug-likeness (QED) is 0.164. The van der Waals surface area contributed by atoms with Gasteiger partial charge in [-0.1, -0.05) is 153 Å². The molecule has 4 nitrogen and oxygen atoms in total. The largest absolute Gasteiger partial charge is 0.455 e. The van der Waals surface area contributed by atoms with Crippen molar-refractivity contribution in [2.24, 2.45) is 0 Å². The number of para-hydroxylation sites is 3. The molecule has 9 aromatic carbocycles. The third-order valence-electron chi connectivity index (χ3n) is 15.8. The Labute approximate surface area is 425 Å². The van der Waals surface area contributed by atoms with E-state index in [2.05, 4.69) is 253 Å². The predicted octanol–water partition coefficient (Wildman–Crippen LogP) is 17.7. The van der Waals surface area contributed by atoms with Gasteiger partial charge < -0.3 is 18.7 Å². The molecule has 0 fully saturated rings. The highest BCUT2D eigenvalue weighted by Crippen LogP contribution is 2.54. The van der Waals surface area contributed by atoms with Gasteiger partial charge in [0.15, 0.2) is 0 Å². The number of hydrogen-bond donors (Lipinski definition) is 0. The van der Waals surface area contributed by atoms with E-state index in [0.29, 0.717) is 0 Å². The molecule has 0 N–H and O–H groups in total. The average Bonchev–Trinajstić information content (AvgIpc) is 4.04. The van der Waals surface area contributed by atoms with Crippen LogP contribution in [-0.2, 0) is 16.2 Å². The summed E-state index contributed by atoms with van der Waals surface area (Å²) in [6.45, 7) is 20.8. The molecule has 0 spiro atoms. The standard InChI is InChI=1S/C66H56BN3OS/c1-64(2,3)39-24-28-44(29-25-39)70-54-38-57-48(46-31-30-45(36-56(46)72-57)68(42-18-12-10-13-19-42)43-20-14-11-15-21-43)37-50(54)60-61-62-58(59-47-22-16-17-23-55(47)71-63(59)60)49-34-40(65(4,5)6)26-32-52(49)69(62)53-33-27-41(66(7,8)9)35-51(53)67(61)70/h10-38H,1-9H3. The lowest BCUT2D eigenvalue weighted by Crippen LogP contribution is -2.60. The summed E-state index contributed by atoms with van der Waals surface area (Å²) in [5, 5.41) is 7.39. The zero-order valence-electron chi connectivity index (χ0n) is 42.5. The maximum Gasteiger partial charge on any atom is 0.333 e. The van der Waals surface area contributed by atoms with Crippen LogP contribution >= 0.6 is 11.3 Å². The molecule has 0 saturated carbocycles. The first-order valence-electron chi connectivity index (χ1n) is 25.5. The van der Waals surface area contributed by atoms with E-state index in [-0.39, 0.29) is 23.1 Å². The molecule has 3 aromatic heterocycles. The van der Waals surface area contributed by atoms with Gasteiger partial charge in [0.2, 0.25) is 0 Å². The number of aromatic nitrogens is 1. The van der Waals surface area contributed by atoms with E-state index in [1.165, 1.54) is 103 Å². The number of furan rings is 1. The number of fused-ring (bicyclic) bond motifs is 16. The Hall–Kier alpha value is -7.54. The summed E-state index contributed by atoms with van der Waals surface area (Å²) in [4.78, 5) is 5.05. The van der Waals surface area contributed by atoms with Crippen molar-refractivity contribution in [1.82, 2.24) is 4.57 Å². The second-order valence-electron chi connectivity index (χ2n) is 23.4. The van der Waals surface area contributed by atoms with Crippen molar-refractivity contribution in [3.05, 3.63) is 193 Å². The molecule has 14 rings (SSSR count). The van der Waals surface area contributed by atoms with Crippen LogP contribution in [0.2, 0.25) is 0 Å². The van der Waals surface area contributed by atoms with Crippen LogP contribution < -0.4 is 20.6 Å². The maximum atomic E-state index is 7.38. The van der Waals surface area contributed by atoms with Crippen LogP contribution in [0.3, 0.4) is 0 Å². The van der Waals surface area contributed by atoms with E-state index >= 15 is 0 Å². The third kappa shape index (κ3) is 6.24. The smallest absolute Gasteiger partial charge is 0.333 e. The lowest BCUT2D eigenvalue weighted by Gasteiger charge is -2.42. The Morgan fingerprint density at radius 1 is 0.486 bits per heavy atom. The highest BCUT2D eigenvalue weighted by Gasteiger charge is 2.47. The van der Waals surface area contributed by atoms with Crippen LogP contribution in [0.1, 0.15) is 79.0 Å². The Bertz CT molecular complexity index is 4180. The van der Waals surface area contributed by atoms with E-state index < -0.39 is 0 Å². The van der Waals surface area contributed by atoms with Crippen molar-refractivity contribution in [2.45, 2.75) is 78.6 Å². The number of rotatable bonds is 4. The van der Waals surface area contributed by atoms with Gasteiger partial charge in [-0.2, -0.15) is 0 Å². The van der Waals surface area contributed by atoms with E-state index in [4.69, 9.17) is 4.42 Å². The summed E-state index contributed by atoms with van der Waals surface area (Å²) < 4.78 is 12.5. The van der Waals surface area contributed by atoms with Gasteiger partial charge in [0.05, 0.1) is 11.0 Å². The molecule has 0 atom stereocenters. The molecule has 5 heterocycles. The molecule has 0 radical (unpaired) electrons. The molecule has 72 heavy (non-hydrogen) atoms. The average molecular weight is 950 g/mol. The molecular formula is C66H56BN3OS. The highest BCUT2D eigenvalue weighted by molar-refractivity contribution is 7.26. The van der Waals surface area contributed by atoms with Crippen molar-refractivity contribution in [3.63, 3.8) is 0 Å². The minimum absolute atomic E-state index is 0.00852. The third-order valence-corrected chi connectivity index (χ3v) is 16.9. The monoisotopic (exact) mass is 949 g/mol. The van der Waals surface area contributed by atoms with Gasteiger partial charge in [0.1, 0.15) is 11.2 Å². The summed E-state index contributed by atoms with van der Waals surface area (Å²) in [7, 11) is 0. The Morgan fingerprint density at radius 3 is 1.81 bits per heavy atom. The first-order chi connectivity index (χ1) is 34.6. The zero-order valence-corrected chi connectivity index (χ0v) is 43.3. The topological polar surface area (TPSA) is 24.6 Å². The number of benzene rings is 9. The van der Waals surface area contributed by atoms with Crippen molar-refractivity contribution >= 4 is 121 Å². The van der Waals surface area contributed by atoms with E-state index in [9.17, 15) is 0 Å². The zero-order chi connectivity index (χ0) is 49.2. The summed E-state index contributed by atoms with van der Waals surface area (Å²) in [5.41, 5.74) is 20.2. The van der Waals surface area contributed by atoms with Crippen LogP contribution in [0.4, 0.5) is 28.4 Å². The van der Waals surface area contributed by atoms with Gasteiger partial charge in [-0.25, -0.2) is 0 Å². The maximum absolute atomic E-state index is 7.38. The minimum Gasteiger partial charge on any atom is -0.455 e. The Balaban J connectivity index is 1.14. The van der Waals surface area contributed by atoms with Gasteiger partial charge >= 0.3 is 6.85 Å². The molecule has 350 valence electrons. The Kier molecular flexibility index (Phi) is 9.02. The second-order valence-corrected chi connectivity index (χ2v) is 24.5. The molecule has 0 amide bonds. The van der Waals surface area contributed by atoms with Gasteiger partial charge in [0, 0.05) is 87.0 Å². The van der Waals surface area contributed by atoms with E-state index in [1.54, 1.807) is 0 Å². The fourth-order valence-corrected chi connectivity index (χ4v) is 13.3. The summed E-state index contributed by atoms with van der Waals surface area (Å²) in [6.07, 6.45) is 0. The molecule has 2 aliphatic rings. The fraction of sp³-hybridized carbons (Fsp3) is 0.182. The summed E-state index contributed by atoms with van der Waals surface area (Å²) >= 11 is 1.89. The number of anilines is 5. The molecule has 0 saturated heterocycles. The van der Waals surface area contributed by atoms with Crippen LogP contribution in [0.25, 0.3) is 80.7 Å². The predicted molar refractivity (Wildman–Crippen MR) is 311 cm³/mol. The number of thiophene rings is 1. The van der Waals surface area contributed by atoms with E-state index in [1.807, 2.05) is 11.3 Å². The van der Waals surface area contributed by atoms with Crippen LogP contribution in [0, 0.1) is 0 Å².